The van der Waals surface area contributed by atoms with Gasteiger partial charge in [-0.25, -0.2) is 13.9 Å². The van der Waals surface area contributed by atoms with Crippen molar-refractivity contribution in [1.29, 1.82) is 0 Å². The van der Waals surface area contributed by atoms with Crippen LogP contribution in [0.25, 0.3) is 0 Å². The van der Waals surface area contributed by atoms with E-state index in [-0.39, 0.29) is 18.0 Å². The molecule has 0 unspecified atom stereocenters. The Bertz CT molecular complexity index is 589. The van der Waals surface area contributed by atoms with E-state index in [2.05, 4.69) is 5.10 Å². The Kier molecular flexibility index (Phi) is 2.95. The zero-order valence-electron chi connectivity index (χ0n) is 9.55. The molecule has 17 heavy (non-hydrogen) atoms. The van der Waals surface area contributed by atoms with Crippen LogP contribution in [0.1, 0.15) is 5.56 Å². The molecule has 0 saturated heterocycles. The number of rotatable bonds is 3. The largest absolute Gasteiger partial charge is 0.494 e. The summed E-state index contributed by atoms with van der Waals surface area (Å²) < 4.78 is 21.2. The van der Waals surface area contributed by atoms with Gasteiger partial charge in [-0.2, -0.15) is 5.10 Å². The van der Waals surface area contributed by atoms with E-state index in [0.717, 1.165) is 0 Å². The maximum atomic E-state index is 13.8. The van der Waals surface area contributed by atoms with Crippen LogP contribution in [0.3, 0.4) is 0 Å². The van der Waals surface area contributed by atoms with Crippen LogP contribution >= 0.6 is 0 Å². The van der Waals surface area contributed by atoms with Crippen LogP contribution in [0.15, 0.2) is 29.3 Å². The van der Waals surface area contributed by atoms with Gasteiger partial charge in [-0.3, -0.25) is 4.57 Å². The third-order valence-electron chi connectivity index (χ3n) is 2.47. The first-order valence-corrected chi connectivity index (χ1v) is 5.03. The Hall–Kier alpha value is -2.11. The van der Waals surface area contributed by atoms with E-state index in [1.807, 2.05) is 0 Å². The summed E-state index contributed by atoms with van der Waals surface area (Å²) in [7, 11) is 2.99. The van der Waals surface area contributed by atoms with Crippen molar-refractivity contribution in [2.24, 2.45) is 7.05 Å². The molecule has 0 amide bonds. The number of benzene rings is 1. The van der Waals surface area contributed by atoms with Crippen molar-refractivity contribution in [2.75, 3.05) is 7.11 Å². The SMILES string of the molecule is COc1cccc(Cn2ncn(C)c2=O)c1F. The van der Waals surface area contributed by atoms with Crippen LogP contribution in [0.5, 0.6) is 5.75 Å². The van der Waals surface area contributed by atoms with Gasteiger partial charge in [0.25, 0.3) is 0 Å². The highest BCUT2D eigenvalue weighted by atomic mass is 19.1. The third kappa shape index (κ3) is 2.06. The highest BCUT2D eigenvalue weighted by molar-refractivity contribution is 5.31. The lowest BCUT2D eigenvalue weighted by Crippen LogP contribution is -2.23. The summed E-state index contributed by atoms with van der Waals surface area (Å²) in [6, 6.07) is 4.80. The van der Waals surface area contributed by atoms with E-state index in [4.69, 9.17) is 4.74 Å². The molecule has 6 heteroatoms. The maximum Gasteiger partial charge on any atom is 0.345 e. The molecule has 0 atom stereocenters. The Morgan fingerprint density at radius 1 is 1.47 bits per heavy atom. The summed E-state index contributed by atoms with van der Waals surface area (Å²) in [5.41, 5.74) is 0.0809. The molecule has 0 radical (unpaired) electrons. The second kappa shape index (κ2) is 4.40. The third-order valence-corrected chi connectivity index (χ3v) is 2.47. The van der Waals surface area contributed by atoms with Crippen molar-refractivity contribution in [3.8, 4) is 5.75 Å². The Labute approximate surface area is 97.1 Å². The molecule has 2 aromatic rings. The zero-order valence-corrected chi connectivity index (χ0v) is 9.55. The van der Waals surface area contributed by atoms with Crippen molar-refractivity contribution in [3.63, 3.8) is 0 Å². The average molecular weight is 237 g/mol. The van der Waals surface area contributed by atoms with Gasteiger partial charge in [-0.15, -0.1) is 0 Å². The highest BCUT2D eigenvalue weighted by Gasteiger charge is 2.10. The quantitative estimate of drug-likeness (QED) is 0.792. The smallest absolute Gasteiger partial charge is 0.345 e. The molecule has 0 fully saturated rings. The molecule has 0 aliphatic carbocycles. The fourth-order valence-electron chi connectivity index (χ4n) is 1.53. The van der Waals surface area contributed by atoms with Gasteiger partial charge < -0.3 is 4.74 Å². The molecule has 5 nitrogen and oxygen atoms in total. The zero-order chi connectivity index (χ0) is 12.4. The Morgan fingerprint density at radius 3 is 2.82 bits per heavy atom. The van der Waals surface area contributed by atoms with E-state index in [1.54, 1.807) is 19.2 Å². The Morgan fingerprint density at radius 2 is 2.24 bits per heavy atom. The maximum absolute atomic E-state index is 13.8. The number of aryl methyl sites for hydroxylation is 1. The van der Waals surface area contributed by atoms with E-state index >= 15 is 0 Å². The van der Waals surface area contributed by atoms with Gasteiger partial charge in [-0.05, 0) is 6.07 Å². The number of aromatic nitrogens is 3. The molecule has 0 spiro atoms. The van der Waals surface area contributed by atoms with Crippen molar-refractivity contribution in [1.82, 2.24) is 14.3 Å². The summed E-state index contributed by atoms with van der Waals surface area (Å²) in [6.45, 7) is 0.0860. The van der Waals surface area contributed by atoms with Gasteiger partial charge in [-0.1, -0.05) is 12.1 Å². The minimum atomic E-state index is -0.465. The van der Waals surface area contributed by atoms with E-state index in [0.29, 0.717) is 5.56 Å². The summed E-state index contributed by atoms with van der Waals surface area (Å²) in [6.07, 6.45) is 1.39. The second-order valence-electron chi connectivity index (χ2n) is 3.62. The van der Waals surface area contributed by atoms with Crippen molar-refractivity contribution >= 4 is 0 Å². The van der Waals surface area contributed by atoms with Crippen LogP contribution in [-0.2, 0) is 13.6 Å². The van der Waals surface area contributed by atoms with Gasteiger partial charge in [0.1, 0.15) is 6.33 Å². The molecule has 2 rings (SSSR count). The van der Waals surface area contributed by atoms with Gasteiger partial charge >= 0.3 is 5.69 Å². The fourth-order valence-corrected chi connectivity index (χ4v) is 1.53. The highest BCUT2D eigenvalue weighted by Crippen LogP contribution is 2.20. The average Bonchev–Trinajstić information content (AvgIpc) is 2.64. The molecule has 0 saturated carbocycles. The van der Waals surface area contributed by atoms with Gasteiger partial charge in [0, 0.05) is 12.6 Å². The number of hydrogen-bond donors (Lipinski definition) is 0. The molecule has 1 heterocycles. The van der Waals surface area contributed by atoms with E-state index in [9.17, 15) is 9.18 Å². The molecule has 0 N–H and O–H groups in total. The van der Waals surface area contributed by atoms with Crippen molar-refractivity contribution in [3.05, 3.63) is 46.4 Å². The van der Waals surface area contributed by atoms with Gasteiger partial charge in [0.15, 0.2) is 11.6 Å². The normalized spacial score (nSPS) is 10.5. The second-order valence-corrected chi connectivity index (χ2v) is 3.62. The standard InChI is InChI=1S/C11H12FN3O2/c1-14-7-13-15(11(14)16)6-8-4-3-5-9(17-2)10(8)12/h3-5,7H,6H2,1-2H3. The number of ether oxygens (including phenoxy) is 1. The summed E-state index contributed by atoms with van der Waals surface area (Å²) in [4.78, 5) is 11.5. The number of hydrogen-bond acceptors (Lipinski definition) is 3. The Balaban J connectivity index is 2.37. The molecule has 0 aliphatic heterocycles. The molecule has 0 aliphatic rings. The molecular weight excluding hydrogens is 225 g/mol. The molecule has 0 bridgehead atoms. The predicted octanol–water partition coefficient (Wildman–Crippen LogP) is 0.778. The minimum Gasteiger partial charge on any atom is -0.494 e. The van der Waals surface area contributed by atoms with Crippen LogP contribution in [-0.4, -0.2) is 21.5 Å². The van der Waals surface area contributed by atoms with E-state index < -0.39 is 5.82 Å². The molecule has 90 valence electrons. The fraction of sp³-hybridized carbons (Fsp3) is 0.273. The topological polar surface area (TPSA) is 49.0 Å². The predicted molar refractivity (Wildman–Crippen MR) is 59.5 cm³/mol. The van der Waals surface area contributed by atoms with Crippen LogP contribution in [0.2, 0.25) is 0 Å². The molecular formula is C11H12FN3O2. The van der Waals surface area contributed by atoms with Crippen molar-refractivity contribution < 1.29 is 9.13 Å². The lowest BCUT2D eigenvalue weighted by molar-refractivity contribution is 0.383. The number of methoxy groups -OCH3 is 1. The summed E-state index contributed by atoms with van der Waals surface area (Å²) >= 11 is 0. The lowest BCUT2D eigenvalue weighted by atomic mass is 10.2. The van der Waals surface area contributed by atoms with E-state index in [1.165, 1.54) is 28.8 Å². The monoisotopic (exact) mass is 237 g/mol. The number of halogens is 1. The molecule has 1 aromatic carbocycles. The summed E-state index contributed by atoms with van der Waals surface area (Å²) in [5, 5.41) is 3.87. The molecule has 1 aromatic heterocycles. The van der Waals surface area contributed by atoms with Gasteiger partial charge in [0.2, 0.25) is 0 Å². The van der Waals surface area contributed by atoms with Crippen LogP contribution < -0.4 is 10.4 Å². The van der Waals surface area contributed by atoms with Crippen LogP contribution in [0.4, 0.5) is 4.39 Å². The van der Waals surface area contributed by atoms with Gasteiger partial charge in [0.05, 0.1) is 13.7 Å². The lowest BCUT2D eigenvalue weighted by Gasteiger charge is -2.06. The first-order valence-electron chi connectivity index (χ1n) is 5.03. The van der Waals surface area contributed by atoms with Crippen LogP contribution in [0, 0.1) is 5.82 Å². The summed E-state index contributed by atoms with van der Waals surface area (Å²) in [5.74, 6) is -0.306. The number of nitrogens with zero attached hydrogens (tertiary/aromatic N) is 3. The minimum absolute atomic E-state index is 0.0860. The first kappa shape index (κ1) is 11.4. The van der Waals surface area contributed by atoms with Crippen molar-refractivity contribution in [2.45, 2.75) is 6.54 Å². The first-order chi connectivity index (χ1) is 8.13.